The fourth-order valence-corrected chi connectivity index (χ4v) is 4.50. The number of rotatable bonds is 5. The number of aryl methyl sites for hydroxylation is 2. The molecule has 0 aliphatic heterocycles. The van der Waals surface area contributed by atoms with Crippen molar-refractivity contribution in [3.8, 4) is 5.75 Å². The third kappa shape index (κ3) is 3.07. The van der Waals surface area contributed by atoms with Gasteiger partial charge in [-0.1, -0.05) is 13.8 Å². The van der Waals surface area contributed by atoms with Gasteiger partial charge in [-0.15, -0.1) is 11.3 Å². The summed E-state index contributed by atoms with van der Waals surface area (Å²) in [5.41, 5.74) is 1.61. The number of thiophene rings is 1. The number of ether oxygens (including phenoxy) is 1. The monoisotopic (exact) mass is 371 g/mol. The van der Waals surface area contributed by atoms with Crippen LogP contribution < -0.4 is 15.7 Å². The molecule has 7 heteroatoms. The molecular formula is C19H21N3O3S. The van der Waals surface area contributed by atoms with Gasteiger partial charge in [0, 0.05) is 22.8 Å². The van der Waals surface area contributed by atoms with Crippen LogP contribution in [0.2, 0.25) is 0 Å². The van der Waals surface area contributed by atoms with Crippen molar-refractivity contribution in [2.45, 2.75) is 39.7 Å². The maximum absolute atomic E-state index is 12.9. The maximum Gasteiger partial charge on any atom is 0.262 e. The van der Waals surface area contributed by atoms with E-state index in [9.17, 15) is 9.59 Å². The molecule has 0 saturated carbocycles. The number of aromatic nitrogens is 3. The van der Waals surface area contributed by atoms with Crippen molar-refractivity contribution in [1.29, 1.82) is 0 Å². The lowest BCUT2D eigenvalue weighted by Gasteiger charge is -2.09. The first-order valence-electron chi connectivity index (χ1n) is 8.87. The van der Waals surface area contributed by atoms with E-state index in [1.807, 2.05) is 13.8 Å². The quantitative estimate of drug-likeness (QED) is 0.748. The number of hydrogen-bond donors (Lipinski definition) is 1. The normalized spacial score (nSPS) is 13.5. The topological polar surface area (TPSA) is 77.0 Å². The molecule has 3 aromatic heterocycles. The molecule has 0 amide bonds. The van der Waals surface area contributed by atoms with Crippen molar-refractivity contribution in [1.82, 2.24) is 14.5 Å². The van der Waals surface area contributed by atoms with E-state index >= 15 is 0 Å². The van der Waals surface area contributed by atoms with Gasteiger partial charge in [0.15, 0.2) is 5.75 Å². The summed E-state index contributed by atoms with van der Waals surface area (Å²) in [7, 11) is 0. The van der Waals surface area contributed by atoms with E-state index in [0.29, 0.717) is 24.0 Å². The molecule has 136 valence electrons. The molecule has 0 spiro atoms. The van der Waals surface area contributed by atoms with E-state index in [2.05, 4.69) is 9.97 Å². The highest BCUT2D eigenvalue weighted by Gasteiger charge is 2.21. The average Bonchev–Trinajstić information content (AvgIpc) is 3.17. The molecule has 4 rings (SSSR count). The van der Waals surface area contributed by atoms with Gasteiger partial charge in [-0.2, -0.15) is 0 Å². The van der Waals surface area contributed by atoms with Gasteiger partial charge >= 0.3 is 0 Å². The van der Waals surface area contributed by atoms with E-state index in [4.69, 9.17) is 4.74 Å². The highest BCUT2D eigenvalue weighted by atomic mass is 32.1. The fraction of sp³-hybridized carbons (Fsp3) is 0.421. The van der Waals surface area contributed by atoms with Crippen LogP contribution in [0.15, 0.2) is 28.2 Å². The molecule has 1 N–H and O–H groups in total. The summed E-state index contributed by atoms with van der Waals surface area (Å²) in [6.45, 7) is 4.83. The summed E-state index contributed by atoms with van der Waals surface area (Å²) in [6.07, 6.45) is 6.24. The van der Waals surface area contributed by atoms with Gasteiger partial charge in [0.2, 0.25) is 5.43 Å². The predicted molar refractivity (Wildman–Crippen MR) is 102 cm³/mol. The molecule has 1 aliphatic rings. The lowest BCUT2D eigenvalue weighted by molar-refractivity contribution is 0.267. The highest BCUT2D eigenvalue weighted by Crippen LogP contribution is 2.34. The number of pyridine rings is 1. The van der Waals surface area contributed by atoms with E-state index in [-0.39, 0.29) is 17.5 Å². The van der Waals surface area contributed by atoms with Gasteiger partial charge < -0.3 is 9.72 Å². The predicted octanol–water partition coefficient (Wildman–Crippen LogP) is 2.72. The Balaban J connectivity index is 1.63. The van der Waals surface area contributed by atoms with Crippen LogP contribution in [0.1, 0.15) is 36.4 Å². The number of aromatic amines is 1. The zero-order valence-electron chi connectivity index (χ0n) is 14.9. The smallest absolute Gasteiger partial charge is 0.262 e. The summed E-state index contributed by atoms with van der Waals surface area (Å²) >= 11 is 1.63. The lowest BCUT2D eigenvalue weighted by Crippen LogP contribution is -2.22. The molecule has 0 fully saturated rings. The summed E-state index contributed by atoms with van der Waals surface area (Å²) in [6, 6.07) is 1.49. The van der Waals surface area contributed by atoms with Crippen molar-refractivity contribution in [3.05, 3.63) is 55.3 Å². The van der Waals surface area contributed by atoms with Crippen LogP contribution in [0.4, 0.5) is 0 Å². The zero-order valence-corrected chi connectivity index (χ0v) is 15.7. The SMILES string of the molecule is CC(C)COc1c[nH]c(Cn2cnc3sc4c(c3c2=O)CCC4)cc1=O. The van der Waals surface area contributed by atoms with E-state index in [0.717, 1.165) is 29.5 Å². The molecule has 1 aliphatic carbocycles. The minimum atomic E-state index is -0.182. The first kappa shape index (κ1) is 17.0. The molecule has 0 saturated heterocycles. The van der Waals surface area contributed by atoms with Gasteiger partial charge in [0.05, 0.1) is 24.9 Å². The summed E-state index contributed by atoms with van der Waals surface area (Å²) < 4.78 is 7.06. The van der Waals surface area contributed by atoms with Crippen LogP contribution in [-0.4, -0.2) is 21.1 Å². The molecule has 3 heterocycles. The minimum Gasteiger partial charge on any atom is -0.488 e. The first-order valence-corrected chi connectivity index (χ1v) is 9.68. The van der Waals surface area contributed by atoms with Gasteiger partial charge in [-0.25, -0.2) is 4.98 Å². The van der Waals surface area contributed by atoms with Crippen molar-refractivity contribution in [2.24, 2.45) is 5.92 Å². The Hall–Kier alpha value is -2.41. The Labute approximate surface area is 154 Å². The van der Waals surface area contributed by atoms with Crippen LogP contribution in [0, 0.1) is 5.92 Å². The molecule has 6 nitrogen and oxygen atoms in total. The van der Waals surface area contributed by atoms with Crippen molar-refractivity contribution in [2.75, 3.05) is 6.61 Å². The summed E-state index contributed by atoms with van der Waals surface area (Å²) in [5, 5.41) is 0.754. The fourth-order valence-electron chi connectivity index (χ4n) is 3.28. The van der Waals surface area contributed by atoms with Crippen molar-refractivity contribution >= 4 is 21.6 Å². The summed E-state index contributed by atoms with van der Waals surface area (Å²) in [4.78, 5) is 34.7. The maximum atomic E-state index is 12.9. The molecular weight excluding hydrogens is 350 g/mol. The van der Waals surface area contributed by atoms with E-state index < -0.39 is 0 Å². The Morgan fingerprint density at radius 1 is 1.35 bits per heavy atom. The van der Waals surface area contributed by atoms with E-state index in [1.165, 1.54) is 16.5 Å². The van der Waals surface area contributed by atoms with Crippen LogP contribution in [-0.2, 0) is 19.4 Å². The Morgan fingerprint density at radius 3 is 2.96 bits per heavy atom. The Morgan fingerprint density at radius 2 is 2.19 bits per heavy atom. The van der Waals surface area contributed by atoms with Gasteiger partial charge in [0.1, 0.15) is 4.83 Å². The zero-order chi connectivity index (χ0) is 18.3. The molecule has 3 aromatic rings. The molecule has 0 unspecified atom stereocenters. The standard InChI is InChI=1S/C19H21N3O3S/c1-11(2)9-25-15-7-20-12(6-14(15)23)8-22-10-21-18-17(19(22)24)13-4-3-5-16(13)26-18/h6-7,10-11H,3-5,8-9H2,1-2H3,(H,20,23). The third-order valence-electron chi connectivity index (χ3n) is 4.54. The number of nitrogens with zero attached hydrogens (tertiary/aromatic N) is 2. The summed E-state index contributed by atoms with van der Waals surface area (Å²) in [5.74, 6) is 0.650. The van der Waals surface area contributed by atoms with Crippen molar-refractivity contribution in [3.63, 3.8) is 0 Å². The molecule has 26 heavy (non-hydrogen) atoms. The van der Waals surface area contributed by atoms with Crippen LogP contribution in [0.5, 0.6) is 5.75 Å². The Bertz CT molecular complexity index is 1080. The molecule has 0 radical (unpaired) electrons. The third-order valence-corrected chi connectivity index (χ3v) is 5.74. The van der Waals surface area contributed by atoms with Gasteiger partial charge in [-0.05, 0) is 30.7 Å². The average molecular weight is 371 g/mol. The Kier molecular flexibility index (Phi) is 4.40. The van der Waals surface area contributed by atoms with E-state index in [1.54, 1.807) is 28.4 Å². The molecule has 0 atom stereocenters. The second kappa shape index (κ2) is 6.72. The number of nitrogens with one attached hydrogen (secondary N) is 1. The van der Waals surface area contributed by atoms with Gasteiger partial charge in [-0.3, -0.25) is 14.2 Å². The second-order valence-electron chi connectivity index (χ2n) is 7.11. The number of H-pyrrole nitrogens is 1. The molecule has 0 bridgehead atoms. The second-order valence-corrected chi connectivity index (χ2v) is 8.19. The number of hydrogen-bond acceptors (Lipinski definition) is 5. The van der Waals surface area contributed by atoms with Gasteiger partial charge in [0.25, 0.3) is 5.56 Å². The van der Waals surface area contributed by atoms with Crippen LogP contribution >= 0.6 is 11.3 Å². The minimum absolute atomic E-state index is 0.0321. The first-order chi connectivity index (χ1) is 12.5. The molecule has 0 aromatic carbocycles. The lowest BCUT2D eigenvalue weighted by atomic mass is 10.2. The highest BCUT2D eigenvalue weighted by molar-refractivity contribution is 7.18. The van der Waals surface area contributed by atoms with Crippen LogP contribution in [0.25, 0.3) is 10.2 Å². The number of fused-ring (bicyclic) bond motifs is 3. The van der Waals surface area contributed by atoms with Crippen molar-refractivity contribution < 1.29 is 4.74 Å². The van der Waals surface area contributed by atoms with Crippen LogP contribution in [0.3, 0.4) is 0 Å². The largest absolute Gasteiger partial charge is 0.488 e.